The SMILES string of the molecule is CC(C)(c1ccc(OCCCl)c(C#N)c1)c1ccc(OCc2ocnc2C[SH](=O)=O)c(C#N)c1. The largest absolute Gasteiger partial charge is 0.491 e. The molecule has 2 aromatic carbocycles. The third kappa shape index (κ3) is 5.69. The van der Waals surface area contributed by atoms with E-state index in [-0.39, 0.29) is 23.8 Å². The van der Waals surface area contributed by atoms with Crippen molar-refractivity contribution in [1.29, 1.82) is 10.5 Å². The number of benzene rings is 2. The fourth-order valence-electron chi connectivity index (χ4n) is 3.38. The van der Waals surface area contributed by atoms with E-state index in [1.807, 2.05) is 26.0 Å². The Bertz CT molecular complexity index is 1330. The molecule has 1 heterocycles. The van der Waals surface area contributed by atoms with Crippen LogP contribution < -0.4 is 9.47 Å². The van der Waals surface area contributed by atoms with Gasteiger partial charge < -0.3 is 13.9 Å². The molecular weight excluding hydrogens is 478 g/mol. The summed E-state index contributed by atoms with van der Waals surface area (Å²) in [4.78, 5) is 3.89. The highest BCUT2D eigenvalue weighted by molar-refractivity contribution is 7.71. The lowest BCUT2D eigenvalue weighted by atomic mass is 9.77. The van der Waals surface area contributed by atoms with E-state index in [1.165, 1.54) is 0 Å². The molecule has 0 aliphatic rings. The Balaban J connectivity index is 1.85. The van der Waals surface area contributed by atoms with E-state index in [9.17, 15) is 18.9 Å². The minimum Gasteiger partial charge on any atom is -0.491 e. The number of nitrogens with zero attached hydrogens (tertiary/aromatic N) is 3. The van der Waals surface area contributed by atoms with E-state index in [4.69, 9.17) is 25.5 Å². The Labute approximate surface area is 204 Å². The Morgan fingerprint density at radius 3 is 2.15 bits per heavy atom. The summed E-state index contributed by atoms with van der Waals surface area (Å²) in [7, 11) is -2.65. The first kappa shape index (κ1) is 25.1. The summed E-state index contributed by atoms with van der Waals surface area (Å²) in [5.74, 6) is 1.16. The molecule has 3 rings (SSSR count). The summed E-state index contributed by atoms with van der Waals surface area (Å²) in [5, 5.41) is 19.2. The minimum atomic E-state index is -2.65. The van der Waals surface area contributed by atoms with Gasteiger partial charge in [0.1, 0.15) is 53.2 Å². The molecule has 0 atom stereocenters. The van der Waals surface area contributed by atoms with Gasteiger partial charge in [-0.1, -0.05) is 26.0 Å². The zero-order chi connectivity index (χ0) is 24.7. The molecule has 8 nitrogen and oxygen atoms in total. The first-order valence-electron chi connectivity index (χ1n) is 10.2. The maximum Gasteiger partial charge on any atom is 0.181 e. The fraction of sp³-hybridized carbons (Fsp3) is 0.292. The number of alkyl halides is 1. The maximum absolute atomic E-state index is 11.0. The molecule has 0 aliphatic carbocycles. The fourth-order valence-corrected chi connectivity index (χ4v) is 3.96. The maximum atomic E-state index is 11.0. The van der Waals surface area contributed by atoms with Crippen molar-refractivity contribution < 1.29 is 22.3 Å². The predicted molar refractivity (Wildman–Crippen MR) is 126 cm³/mol. The molecule has 0 spiro atoms. The number of rotatable bonds is 10. The number of nitriles is 2. The van der Waals surface area contributed by atoms with Crippen LogP contribution in [0.5, 0.6) is 11.5 Å². The van der Waals surface area contributed by atoms with Gasteiger partial charge in [-0.05, 0) is 35.4 Å². The van der Waals surface area contributed by atoms with Crippen LogP contribution in [-0.2, 0) is 28.5 Å². The quantitative estimate of drug-likeness (QED) is 0.327. The third-order valence-electron chi connectivity index (χ3n) is 5.34. The van der Waals surface area contributed by atoms with Crippen LogP contribution in [0.1, 0.15) is 47.6 Å². The van der Waals surface area contributed by atoms with Gasteiger partial charge in [-0.3, -0.25) is 0 Å². The molecule has 1 aromatic heterocycles. The van der Waals surface area contributed by atoms with E-state index in [0.29, 0.717) is 35.1 Å². The minimum absolute atomic E-state index is 0.0643. The number of hydrogen-bond acceptors (Lipinski definition) is 8. The molecule has 3 aromatic rings. The molecule has 0 aliphatic heterocycles. The number of oxazole rings is 1. The molecule has 0 amide bonds. The van der Waals surface area contributed by atoms with Gasteiger partial charge in [0.2, 0.25) is 0 Å². The monoisotopic (exact) mass is 499 g/mol. The molecule has 176 valence electrons. The molecule has 0 saturated carbocycles. The second kappa shape index (κ2) is 11.1. The van der Waals surface area contributed by atoms with Crippen LogP contribution in [0, 0.1) is 22.7 Å². The Morgan fingerprint density at radius 2 is 1.62 bits per heavy atom. The van der Waals surface area contributed by atoms with Crippen LogP contribution in [-0.4, -0.2) is 25.9 Å². The highest BCUT2D eigenvalue weighted by Gasteiger charge is 2.26. The number of halogens is 1. The third-order valence-corrected chi connectivity index (χ3v) is 6.05. The van der Waals surface area contributed by atoms with Crippen molar-refractivity contribution in [2.24, 2.45) is 0 Å². The highest BCUT2D eigenvalue weighted by Crippen LogP contribution is 2.36. The molecular formula is C24H22ClN3O5S. The van der Waals surface area contributed by atoms with Crippen LogP contribution in [0.3, 0.4) is 0 Å². The van der Waals surface area contributed by atoms with E-state index in [2.05, 4.69) is 17.1 Å². The summed E-state index contributed by atoms with van der Waals surface area (Å²) in [6.07, 6.45) is 1.16. The molecule has 0 bridgehead atoms. The van der Waals surface area contributed by atoms with Crippen molar-refractivity contribution in [3.05, 3.63) is 76.5 Å². The van der Waals surface area contributed by atoms with Gasteiger partial charge >= 0.3 is 0 Å². The zero-order valence-corrected chi connectivity index (χ0v) is 20.2. The van der Waals surface area contributed by atoms with Gasteiger partial charge in [-0.25, -0.2) is 13.4 Å². The van der Waals surface area contributed by atoms with Gasteiger partial charge in [0.15, 0.2) is 12.2 Å². The molecule has 0 radical (unpaired) electrons. The lowest BCUT2D eigenvalue weighted by Gasteiger charge is -2.27. The van der Waals surface area contributed by atoms with Gasteiger partial charge in [0.25, 0.3) is 0 Å². The summed E-state index contributed by atoms with van der Waals surface area (Å²) in [6.45, 7) is 4.22. The zero-order valence-electron chi connectivity index (χ0n) is 18.6. The highest BCUT2D eigenvalue weighted by atomic mass is 35.5. The molecule has 0 saturated heterocycles. The molecule has 10 heteroatoms. The van der Waals surface area contributed by atoms with Gasteiger partial charge in [0, 0.05) is 5.41 Å². The van der Waals surface area contributed by atoms with Crippen molar-refractivity contribution in [2.45, 2.75) is 31.6 Å². The van der Waals surface area contributed by atoms with Crippen LogP contribution >= 0.6 is 11.6 Å². The summed E-state index contributed by atoms with van der Waals surface area (Å²) < 4.78 is 38.5. The Morgan fingerprint density at radius 1 is 1.03 bits per heavy atom. The Kier molecular flexibility index (Phi) is 8.17. The van der Waals surface area contributed by atoms with Crippen molar-refractivity contribution in [3.8, 4) is 23.6 Å². The van der Waals surface area contributed by atoms with Crippen molar-refractivity contribution in [1.82, 2.24) is 4.98 Å². The average molecular weight is 500 g/mol. The lowest BCUT2D eigenvalue weighted by Crippen LogP contribution is -2.19. The summed E-state index contributed by atoms with van der Waals surface area (Å²) in [5.41, 5.74) is 2.18. The van der Waals surface area contributed by atoms with Crippen LogP contribution in [0.2, 0.25) is 0 Å². The van der Waals surface area contributed by atoms with E-state index in [0.717, 1.165) is 17.5 Å². The normalized spacial score (nSPS) is 11.1. The number of aromatic nitrogens is 1. The molecule has 0 fully saturated rings. The molecule has 34 heavy (non-hydrogen) atoms. The van der Waals surface area contributed by atoms with Crippen LogP contribution in [0.25, 0.3) is 0 Å². The van der Waals surface area contributed by atoms with Crippen molar-refractivity contribution in [2.75, 3.05) is 12.5 Å². The Hall–Kier alpha value is -3.53. The van der Waals surface area contributed by atoms with Crippen LogP contribution in [0.4, 0.5) is 0 Å². The number of thiol groups is 1. The molecule has 0 N–H and O–H groups in total. The lowest BCUT2D eigenvalue weighted by molar-refractivity contribution is 0.268. The van der Waals surface area contributed by atoms with Gasteiger partial charge in [-0.2, -0.15) is 10.5 Å². The van der Waals surface area contributed by atoms with E-state index in [1.54, 1.807) is 24.3 Å². The smallest absolute Gasteiger partial charge is 0.181 e. The standard InChI is InChI=1S/C24H22ClN3O5S/c1-24(2,18-3-5-21(31-8-7-25)16(9-18)11-26)19-4-6-22(17(10-19)12-27)32-13-23-20(14-34(29)30)28-15-33-23/h3-6,9-10,15,34H,7-8,13-14H2,1-2H3. The second-order valence-electron chi connectivity index (χ2n) is 7.81. The predicted octanol–water partition coefficient (Wildman–Crippen LogP) is 4.05. The topological polar surface area (TPSA) is 126 Å². The summed E-state index contributed by atoms with van der Waals surface area (Å²) in [6, 6.07) is 14.9. The van der Waals surface area contributed by atoms with E-state index >= 15 is 0 Å². The number of hydrogen-bond donors (Lipinski definition) is 1. The first-order chi connectivity index (χ1) is 16.3. The first-order valence-corrected chi connectivity index (χ1v) is 12.1. The molecule has 0 unspecified atom stereocenters. The second-order valence-corrected chi connectivity index (χ2v) is 9.17. The van der Waals surface area contributed by atoms with Gasteiger partial charge in [-0.15, -0.1) is 11.6 Å². The number of ether oxygens (including phenoxy) is 2. The van der Waals surface area contributed by atoms with Crippen LogP contribution in [0.15, 0.2) is 47.2 Å². The van der Waals surface area contributed by atoms with Crippen molar-refractivity contribution >= 4 is 22.3 Å². The average Bonchev–Trinajstić information content (AvgIpc) is 3.27. The van der Waals surface area contributed by atoms with E-state index < -0.39 is 16.1 Å². The summed E-state index contributed by atoms with van der Waals surface area (Å²) >= 11 is 5.67. The van der Waals surface area contributed by atoms with Crippen molar-refractivity contribution in [3.63, 3.8) is 0 Å². The van der Waals surface area contributed by atoms with Gasteiger partial charge in [0.05, 0.1) is 22.8 Å².